The summed E-state index contributed by atoms with van der Waals surface area (Å²) in [7, 11) is 7.35. The molecule has 0 aliphatic heterocycles. The van der Waals surface area contributed by atoms with E-state index in [2.05, 4.69) is 51.5 Å². The van der Waals surface area contributed by atoms with Crippen LogP contribution in [0.1, 0.15) is 5.56 Å². The molecule has 1 aromatic rings. The lowest BCUT2D eigenvalue weighted by molar-refractivity contribution is -0.884. The van der Waals surface area contributed by atoms with Gasteiger partial charge in [0, 0.05) is 5.56 Å². The lowest BCUT2D eigenvalue weighted by Crippen LogP contribution is -2.33. The van der Waals surface area contributed by atoms with Gasteiger partial charge in [0.1, 0.15) is 6.54 Å². The standard InChI is InChI=1S/C10H16N.CH3O.ClH.H3P/c1-11(2,3)9-10-7-5-4-6-8-10;1-2;;/h4-8H,9H2,1-3H3;1H3;1H;1H3/q+1;-1;;. The molecule has 15 heavy (non-hydrogen) atoms. The summed E-state index contributed by atoms with van der Waals surface area (Å²) in [5.74, 6) is 0. The molecule has 1 aromatic carbocycles. The van der Waals surface area contributed by atoms with Crippen molar-refractivity contribution in [3.05, 3.63) is 35.9 Å². The second-order valence-corrected chi connectivity index (χ2v) is 3.93. The highest BCUT2D eigenvalue weighted by Gasteiger charge is 2.06. The summed E-state index contributed by atoms with van der Waals surface area (Å²) in [6, 6.07) is 10.6. The van der Waals surface area contributed by atoms with Gasteiger partial charge in [0.2, 0.25) is 0 Å². The highest BCUT2D eigenvalue weighted by Crippen LogP contribution is 2.04. The Labute approximate surface area is 103 Å². The van der Waals surface area contributed by atoms with Crippen LogP contribution < -0.4 is 5.11 Å². The molecule has 0 amide bonds. The molecule has 0 heterocycles. The highest BCUT2D eigenvalue weighted by atomic mass is 35.5. The third kappa shape index (κ3) is 11.8. The van der Waals surface area contributed by atoms with Crippen LogP contribution in [0.3, 0.4) is 0 Å². The van der Waals surface area contributed by atoms with Crippen molar-refractivity contribution < 1.29 is 9.59 Å². The third-order valence-electron chi connectivity index (χ3n) is 1.50. The molecule has 1 unspecified atom stereocenters. The number of hydrogen-bond acceptors (Lipinski definition) is 1. The molecule has 0 saturated carbocycles. The molecule has 0 radical (unpaired) electrons. The number of nitrogens with zero attached hydrogens (tertiary/aromatic N) is 1. The van der Waals surface area contributed by atoms with Gasteiger partial charge in [-0.05, 0) is 0 Å². The van der Waals surface area contributed by atoms with Gasteiger partial charge in [-0.1, -0.05) is 30.3 Å². The molecule has 0 fully saturated rings. The maximum Gasteiger partial charge on any atom is 0.104 e. The van der Waals surface area contributed by atoms with Gasteiger partial charge in [0.15, 0.2) is 0 Å². The Morgan fingerprint density at radius 3 is 1.73 bits per heavy atom. The lowest BCUT2D eigenvalue weighted by Gasteiger charge is -2.23. The average Bonchev–Trinajstić information content (AvgIpc) is 2.07. The molecule has 0 spiro atoms. The second kappa shape index (κ2) is 10.4. The van der Waals surface area contributed by atoms with E-state index in [9.17, 15) is 0 Å². The molecule has 0 aliphatic rings. The molecular formula is C11H23ClNOP. The van der Waals surface area contributed by atoms with Gasteiger partial charge < -0.3 is 9.59 Å². The Bertz CT molecular complexity index is 224. The SMILES string of the molecule is C[N+](C)(C)Cc1ccccc1.C[O-].Cl.P. The molecule has 0 aliphatic carbocycles. The van der Waals surface area contributed by atoms with Crippen molar-refractivity contribution in [3.8, 4) is 0 Å². The smallest absolute Gasteiger partial charge is 0.104 e. The topological polar surface area (TPSA) is 23.1 Å². The molecule has 2 nitrogen and oxygen atoms in total. The van der Waals surface area contributed by atoms with E-state index in [1.807, 2.05) is 0 Å². The Balaban J connectivity index is -0.000000339. The van der Waals surface area contributed by atoms with E-state index < -0.39 is 0 Å². The maximum absolute atomic E-state index is 8.25. The minimum atomic E-state index is 0. The first kappa shape index (κ1) is 20.3. The molecule has 1 atom stereocenters. The molecule has 0 N–H and O–H groups in total. The van der Waals surface area contributed by atoms with Crippen LogP contribution in [0.5, 0.6) is 0 Å². The van der Waals surface area contributed by atoms with Crippen LogP contribution in [0.15, 0.2) is 30.3 Å². The van der Waals surface area contributed by atoms with E-state index in [1.54, 1.807) is 0 Å². The van der Waals surface area contributed by atoms with Gasteiger partial charge in [0.05, 0.1) is 21.1 Å². The summed E-state index contributed by atoms with van der Waals surface area (Å²) < 4.78 is 0.990. The van der Waals surface area contributed by atoms with Crippen molar-refractivity contribution >= 4 is 22.3 Å². The number of benzene rings is 1. The molecule has 90 valence electrons. The molecule has 0 bridgehead atoms. The van der Waals surface area contributed by atoms with Crippen molar-refractivity contribution in [1.29, 1.82) is 0 Å². The van der Waals surface area contributed by atoms with Crippen LogP contribution >= 0.6 is 22.3 Å². The number of hydrogen-bond donors (Lipinski definition) is 0. The van der Waals surface area contributed by atoms with Gasteiger partial charge in [-0.2, -0.15) is 17.0 Å². The fourth-order valence-electron chi connectivity index (χ4n) is 1.13. The number of quaternary nitrogens is 1. The fourth-order valence-corrected chi connectivity index (χ4v) is 1.13. The van der Waals surface area contributed by atoms with Crippen LogP contribution in [0, 0.1) is 0 Å². The van der Waals surface area contributed by atoms with Gasteiger partial charge in [0.25, 0.3) is 0 Å². The molecular weight excluding hydrogens is 229 g/mol. The van der Waals surface area contributed by atoms with Gasteiger partial charge >= 0.3 is 0 Å². The summed E-state index contributed by atoms with van der Waals surface area (Å²) in [6.07, 6.45) is 0. The van der Waals surface area contributed by atoms with Crippen LogP contribution in [0.25, 0.3) is 0 Å². The quantitative estimate of drug-likeness (QED) is 0.575. The van der Waals surface area contributed by atoms with Gasteiger partial charge in [-0.25, -0.2) is 0 Å². The summed E-state index contributed by atoms with van der Waals surface area (Å²) in [5.41, 5.74) is 1.40. The maximum atomic E-state index is 8.25. The summed E-state index contributed by atoms with van der Waals surface area (Å²) in [4.78, 5) is 0. The van der Waals surface area contributed by atoms with E-state index in [-0.39, 0.29) is 22.3 Å². The summed E-state index contributed by atoms with van der Waals surface area (Å²) in [5, 5.41) is 8.25. The highest BCUT2D eigenvalue weighted by molar-refractivity contribution is 6.92. The first-order chi connectivity index (χ1) is 6.08. The van der Waals surface area contributed by atoms with E-state index in [0.29, 0.717) is 0 Å². The van der Waals surface area contributed by atoms with Crippen LogP contribution in [-0.4, -0.2) is 32.7 Å². The minimum Gasteiger partial charge on any atom is -0.857 e. The summed E-state index contributed by atoms with van der Waals surface area (Å²) in [6.45, 7) is 1.10. The zero-order valence-electron chi connectivity index (χ0n) is 10.1. The van der Waals surface area contributed by atoms with E-state index in [4.69, 9.17) is 5.11 Å². The predicted octanol–water partition coefficient (Wildman–Crippen LogP) is 1.35. The fraction of sp³-hybridized carbons (Fsp3) is 0.455. The monoisotopic (exact) mass is 251 g/mol. The molecule has 1 rings (SSSR count). The van der Waals surface area contributed by atoms with Crippen LogP contribution in [0.2, 0.25) is 0 Å². The first-order valence-corrected chi connectivity index (χ1v) is 4.33. The largest absolute Gasteiger partial charge is 0.857 e. The normalized spacial score (nSPS) is 8.87. The van der Waals surface area contributed by atoms with Crippen LogP contribution in [-0.2, 0) is 6.54 Å². The van der Waals surface area contributed by atoms with Gasteiger partial charge in [-0.15, -0.1) is 12.4 Å². The Morgan fingerprint density at radius 2 is 1.40 bits per heavy atom. The lowest BCUT2D eigenvalue weighted by atomic mass is 10.2. The minimum absolute atomic E-state index is 0. The van der Waals surface area contributed by atoms with Crippen molar-refractivity contribution in [2.45, 2.75) is 6.54 Å². The first-order valence-electron chi connectivity index (χ1n) is 4.33. The number of halogens is 1. The Morgan fingerprint density at radius 1 is 1.00 bits per heavy atom. The second-order valence-electron chi connectivity index (χ2n) is 3.93. The van der Waals surface area contributed by atoms with Crippen molar-refractivity contribution in [3.63, 3.8) is 0 Å². The zero-order chi connectivity index (χ0) is 10.3. The Hall–Kier alpha value is -0.140. The van der Waals surface area contributed by atoms with Crippen molar-refractivity contribution in [2.24, 2.45) is 0 Å². The molecule has 4 heteroatoms. The van der Waals surface area contributed by atoms with Gasteiger partial charge in [-0.3, -0.25) is 0 Å². The van der Waals surface area contributed by atoms with E-state index in [0.717, 1.165) is 18.1 Å². The van der Waals surface area contributed by atoms with E-state index >= 15 is 0 Å². The van der Waals surface area contributed by atoms with Crippen LogP contribution in [0.4, 0.5) is 0 Å². The molecule has 0 aromatic heterocycles. The number of rotatable bonds is 2. The average molecular weight is 252 g/mol. The Kier molecular flexibility index (Phi) is 14.0. The van der Waals surface area contributed by atoms with E-state index in [1.165, 1.54) is 5.56 Å². The molecule has 0 saturated heterocycles. The zero-order valence-corrected chi connectivity index (χ0v) is 12.3. The third-order valence-corrected chi connectivity index (χ3v) is 1.50. The van der Waals surface area contributed by atoms with Crippen molar-refractivity contribution in [1.82, 2.24) is 0 Å². The summed E-state index contributed by atoms with van der Waals surface area (Å²) >= 11 is 0. The van der Waals surface area contributed by atoms with Crippen molar-refractivity contribution in [2.75, 3.05) is 28.3 Å². The predicted molar refractivity (Wildman–Crippen MR) is 72.5 cm³/mol.